The maximum absolute atomic E-state index is 5.40. The van der Waals surface area contributed by atoms with E-state index in [1.807, 2.05) is 11.8 Å². The number of nitrogens with zero attached hydrogens (tertiary/aromatic N) is 2. The molecule has 118 valence electrons. The summed E-state index contributed by atoms with van der Waals surface area (Å²) in [5.74, 6) is 1.09. The van der Waals surface area contributed by atoms with Crippen LogP contribution in [0.15, 0.2) is 29.3 Å². The average molecular weight is 316 g/mol. The van der Waals surface area contributed by atoms with Crippen LogP contribution in [0.25, 0.3) is 10.9 Å². The Hall–Kier alpha value is -1.10. The van der Waals surface area contributed by atoms with Gasteiger partial charge in [0.2, 0.25) is 0 Å². The molecule has 0 amide bonds. The topological polar surface area (TPSA) is 25.4 Å². The number of ether oxygens (including phenoxy) is 1. The monoisotopic (exact) mass is 316 g/mol. The van der Waals surface area contributed by atoms with Crippen LogP contribution in [-0.4, -0.2) is 48.5 Å². The first-order valence-corrected chi connectivity index (χ1v) is 9.08. The molecule has 0 spiro atoms. The Bertz CT molecular complexity index is 638. The molecule has 0 aliphatic carbocycles. The number of pyridine rings is 1. The van der Waals surface area contributed by atoms with Gasteiger partial charge in [0.25, 0.3) is 0 Å². The first-order chi connectivity index (χ1) is 10.8. The second-order valence-corrected chi connectivity index (χ2v) is 6.89. The molecule has 0 radical (unpaired) electrons. The largest absolute Gasteiger partial charge is 0.379 e. The molecule has 4 heteroatoms. The molecule has 0 unspecified atom stereocenters. The van der Waals surface area contributed by atoms with Crippen molar-refractivity contribution in [1.82, 2.24) is 9.88 Å². The fourth-order valence-corrected chi connectivity index (χ4v) is 3.89. The number of thioether (sulfide) groups is 1. The summed E-state index contributed by atoms with van der Waals surface area (Å²) >= 11 is 1.89. The lowest BCUT2D eigenvalue weighted by Gasteiger charge is -2.26. The molecule has 1 aromatic carbocycles. The summed E-state index contributed by atoms with van der Waals surface area (Å²) in [6, 6.07) is 8.81. The predicted octanol–water partition coefficient (Wildman–Crippen LogP) is 3.53. The Kier molecular flexibility index (Phi) is 5.34. The minimum absolute atomic E-state index is 0.873. The van der Waals surface area contributed by atoms with Gasteiger partial charge in [0.1, 0.15) is 0 Å². The van der Waals surface area contributed by atoms with Gasteiger partial charge >= 0.3 is 0 Å². The fourth-order valence-electron chi connectivity index (χ4n) is 2.80. The van der Waals surface area contributed by atoms with Gasteiger partial charge in [0.05, 0.1) is 23.8 Å². The number of benzene rings is 1. The van der Waals surface area contributed by atoms with Gasteiger partial charge in [-0.25, -0.2) is 4.98 Å². The van der Waals surface area contributed by atoms with Crippen LogP contribution < -0.4 is 0 Å². The summed E-state index contributed by atoms with van der Waals surface area (Å²) in [6.45, 7) is 9.33. The van der Waals surface area contributed by atoms with Crippen LogP contribution in [0.4, 0.5) is 0 Å². The third kappa shape index (κ3) is 3.80. The van der Waals surface area contributed by atoms with Crippen molar-refractivity contribution in [1.29, 1.82) is 0 Å². The SMILES string of the molecule is CCc1cc2cc(C)ccc2nc1SCCN1CCOCC1. The maximum Gasteiger partial charge on any atom is 0.0999 e. The van der Waals surface area contributed by atoms with E-state index in [0.717, 1.165) is 50.5 Å². The van der Waals surface area contributed by atoms with Gasteiger partial charge in [-0.2, -0.15) is 0 Å². The van der Waals surface area contributed by atoms with Gasteiger partial charge in [-0.15, -0.1) is 11.8 Å². The zero-order chi connectivity index (χ0) is 15.4. The molecule has 0 atom stereocenters. The van der Waals surface area contributed by atoms with E-state index >= 15 is 0 Å². The molecule has 3 rings (SSSR count). The highest BCUT2D eigenvalue weighted by molar-refractivity contribution is 7.99. The summed E-state index contributed by atoms with van der Waals surface area (Å²) in [5, 5.41) is 2.46. The van der Waals surface area contributed by atoms with Gasteiger partial charge in [0, 0.05) is 30.8 Å². The molecule has 3 nitrogen and oxygen atoms in total. The Morgan fingerprint density at radius 3 is 2.82 bits per heavy atom. The summed E-state index contributed by atoms with van der Waals surface area (Å²) in [7, 11) is 0. The van der Waals surface area contributed by atoms with Crippen molar-refractivity contribution >= 4 is 22.7 Å². The highest BCUT2D eigenvalue weighted by atomic mass is 32.2. The molecule has 22 heavy (non-hydrogen) atoms. The Morgan fingerprint density at radius 1 is 1.23 bits per heavy atom. The first kappa shape index (κ1) is 15.8. The number of morpholine rings is 1. The van der Waals surface area contributed by atoms with Crippen LogP contribution in [0.3, 0.4) is 0 Å². The number of hydrogen-bond acceptors (Lipinski definition) is 4. The van der Waals surface area contributed by atoms with Crippen LogP contribution >= 0.6 is 11.8 Å². The van der Waals surface area contributed by atoms with Gasteiger partial charge in [-0.1, -0.05) is 18.6 Å². The van der Waals surface area contributed by atoms with Gasteiger partial charge < -0.3 is 4.74 Å². The molecular formula is C18H24N2OS. The van der Waals surface area contributed by atoms with Crippen molar-refractivity contribution in [2.24, 2.45) is 0 Å². The van der Waals surface area contributed by atoms with Gasteiger partial charge in [0.15, 0.2) is 0 Å². The molecule has 1 aliphatic heterocycles. The van der Waals surface area contributed by atoms with Crippen LogP contribution in [-0.2, 0) is 11.2 Å². The lowest BCUT2D eigenvalue weighted by atomic mass is 10.1. The lowest BCUT2D eigenvalue weighted by Crippen LogP contribution is -2.37. The third-order valence-electron chi connectivity index (χ3n) is 4.14. The fraction of sp³-hybridized carbons (Fsp3) is 0.500. The van der Waals surface area contributed by atoms with Crippen molar-refractivity contribution in [2.75, 3.05) is 38.6 Å². The molecule has 1 fully saturated rings. The number of aromatic nitrogens is 1. The van der Waals surface area contributed by atoms with Gasteiger partial charge in [-0.05, 0) is 37.1 Å². The smallest absolute Gasteiger partial charge is 0.0999 e. The molecule has 0 saturated carbocycles. The zero-order valence-corrected chi connectivity index (χ0v) is 14.3. The Balaban J connectivity index is 1.70. The van der Waals surface area contributed by atoms with Crippen molar-refractivity contribution in [3.8, 4) is 0 Å². The van der Waals surface area contributed by atoms with Crippen molar-refractivity contribution < 1.29 is 4.74 Å². The van der Waals surface area contributed by atoms with Crippen molar-refractivity contribution in [3.05, 3.63) is 35.4 Å². The summed E-state index contributed by atoms with van der Waals surface area (Å²) < 4.78 is 5.40. The number of fused-ring (bicyclic) bond motifs is 1. The summed E-state index contributed by atoms with van der Waals surface area (Å²) in [4.78, 5) is 7.37. The highest BCUT2D eigenvalue weighted by Crippen LogP contribution is 2.26. The molecule has 1 aliphatic rings. The third-order valence-corrected chi connectivity index (χ3v) is 5.15. The van der Waals surface area contributed by atoms with Gasteiger partial charge in [-0.3, -0.25) is 4.90 Å². The average Bonchev–Trinajstić information content (AvgIpc) is 2.55. The van der Waals surface area contributed by atoms with E-state index in [2.05, 4.69) is 43.0 Å². The van der Waals surface area contributed by atoms with Crippen molar-refractivity contribution in [3.63, 3.8) is 0 Å². The molecule has 2 aromatic rings. The van der Waals surface area contributed by atoms with Crippen LogP contribution in [0.2, 0.25) is 0 Å². The quantitative estimate of drug-likeness (QED) is 0.788. The zero-order valence-electron chi connectivity index (χ0n) is 13.5. The highest BCUT2D eigenvalue weighted by Gasteiger charge is 2.11. The molecule has 2 heterocycles. The minimum atomic E-state index is 0.873. The van der Waals surface area contributed by atoms with Crippen LogP contribution in [0.5, 0.6) is 0 Å². The van der Waals surface area contributed by atoms with E-state index in [1.54, 1.807) is 0 Å². The number of hydrogen-bond donors (Lipinski definition) is 0. The maximum atomic E-state index is 5.40. The van der Waals surface area contributed by atoms with E-state index in [9.17, 15) is 0 Å². The summed E-state index contributed by atoms with van der Waals surface area (Å²) in [5.41, 5.74) is 3.77. The Morgan fingerprint density at radius 2 is 2.05 bits per heavy atom. The number of aryl methyl sites for hydroxylation is 2. The second-order valence-electron chi connectivity index (χ2n) is 5.80. The van der Waals surface area contributed by atoms with E-state index in [-0.39, 0.29) is 0 Å². The van der Waals surface area contributed by atoms with E-state index in [1.165, 1.54) is 21.5 Å². The predicted molar refractivity (Wildman–Crippen MR) is 93.8 cm³/mol. The molecule has 0 bridgehead atoms. The van der Waals surface area contributed by atoms with Crippen LogP contribution in [0.1, 0.15) is 18.1 Å². The first-order valence-electron chi connectivity index (χ1n) is 8.09. The van der Waals surface area contributed by atoms with Crippen LogP contribution in [0, 0.1) is 6.92 Å². The molecule has 1 aromatic heterocycles. The number of rotatable bonds is 5. The molecular weight excluding hydrogens is 292 g/mol. The molecule has 0 N–H and O–H groups in total. The Labute approximate surface area is 137 Å². The molecule has 1 saturated heterocycles. The van der Waals surface area contributed by atoms with Crippen molar-refractivity contribution in [2.45, 2.75) is 25.3 Å². The van der Waals surface area contributed by atoms with E-state index in [4.69, 9.17) is 9.72 Å². The van der Waals surface area contributed by atoms with E-state index in [0.29, 0.717) is 0 Å². The van der Waals surface area contributed by atoms with E-state index < -0.39 is 0 Å². The second kappa shape index (κ2) is 7.44. The minimum Gasteiger partial charge on any atom is -0.379 e. The normalized spacial score (nSPS) is 16.3. The standard InChI is InChI=1S/C18H24N2OS/c1-3-15-13-16-12-14(2)4-5-17(16)19-18(15)22-11-8-20-6-9-21-10-7-20/h4-5,12-13H,3,6-11H2,1-2H3. The lowest BCUT2D eigenvalue weighted by molar-refractivity contribution is 0.0410. The summed E-state index contributed by atoms with van der Waals surface area (Å²) in [6.07, 6.45) is 1.04.